The van der Waals surface area contributed by atoms with Gasteiger partial charge in [0, 0.05) is 19.4 Å². The van der Waals surface area contributed by atoms with Crippen molar-refractivity contribution in [2.75, 3.05) is 40.5 Å². The van der Waals surface area contributed by atoms with E-state index < -0.39 is 26.5 Å². The monoisotopic (exact) mass is 826 g/mol. The van der Waals surface area contributed by atoms with Gasteiger partial charge in [-0.25, -0.2) is 4.57 Å². The summed E-state index contributed by atoms with van der Waals surface area (Å²) in [6.45, 7) is 4.29. The van der Waals surface area contributed by atoms with Gasteiger partial charge in [0.05, 0.1) is 13.2 Å². The van der Waals surface area contributed by atoms with E-state index in [1.54, 1.807) is 0 Å². The Morgan fingerprint density at radius 3 is 1.44 bits per heavy atom. The minimum Gasteiger partial charge on any atom is -0.462 e. The van der Waals surface area contributed by atoms with E-state index >= 15 is 0 Å². The van der Waals surface area contributed by atoms with Crippen molar-refractivity contribution >= 4 is 19.8 Å². The third-order valence-corrected chi connectivity index (χ3v) is 10.9. The van der Waals surface area contributed by atoms with E-state index in [1.165, 1.54) is 116 Å². The molecule has 9 nitrogen and oxygen atoms in total. The summed E-state index contributed by atoms with van der Waals surface area (Å²) >= 11 is 0. The third kappa shape index (κ3) is 43.6. The van der Waals surface area contributed by atoms with Crippen LogP contribution in [0.15, 0.2) is 36.5 Å². The molecule has 57 heavy (non-hydrogen) atoms. The summed E-state index contributed by atoms with van der Waals surface area (Å²) in [6.07, 6.45) is 46.1. The van der Waals surface area contributed by atoms with Crippen LogP contribution in [0.1, 0.15) is 206 Å². The van der Waals surface area contributed by atoms with Crippen LogP contribution in [-0.4, -0.2) is 68.3 Å². The Hall–Kier alpha value is -1.77. The van der Waals surface area contributed by atoms with E-state index in [1.807, 2.05) is 19.0 Å². The molecule has 0 aliphatic carbocycles. The third-order valence-electron chi connectivity index (χ3n) is 9.95. The molecule has 0 spiro atoms. The van der Waals surface area contributed by atoms with Gasteiger partial charge in [-0.05, 0) is 65.5 Å². The van der Waals surface area contributed by atoms with Gasteiger partial charge < -0.3 is 19.3 Å². The summed E-state index contributed by atoms with van der Waals surface area (Å²) in [5, 5.41) is 0. The first-order chi connectivity index (χ1) is 27.7. The molecule has 0 saturated heterocycles. The second-order valence-corrected chi connectivity index (χ2v) is 17.4. The highest BCUT2D eigenvalue weighted by atomic mass is 31.2. The molecule has 0 aromatic carbocycles. The number of carbonyl (C=O) groups is 2. The zero-order chi connectivity index (χ0) is 41.9. The molecule has 0 aromatic heterocycles. The van der Waals surface area contributed by atoms with Gasteiger partial charge in [-0.2, -0.15) is 0 Å². The van der Waals surface area contributed by atoms with Crippen molar-refractivity contribution in [2.24, 2.45) is 0 Å². The molecule has 0 aromatic rings. The lowest BCUT2D eigenvalue weighted by molar-refractivity contribution is -0.161. The summed E-state index contributed by atoms with van der Waals surface area (Å²) in [7, 11) is -0.718. The standard InChI is InChI=1S/C47H88NO8P/c1-5-7-9-11-13-15-17-19-21-23-25-27-29-31-33-35-37-39-46(49)53-43-45(44-55-57(51,52)54-42-41-48(3)4)56-47(50)40-38-36-34-32-30-28-26-24-22-20-18-16-14-12-10-8-6-2/h13,15,19,21,25,27,45H,5-12,14,16-18,20,22-24,26,28-44H2,1-4H3,(H,51,52)/b15-13-,21-19-,27-25-. The maximum atomic E-state index is 12.7. The Kier molecular flexibility index (Phi) is 41.0. The largest absolute Gasteiger partial charge is 0.472 e. The Bertz CT molecular complexity index is 1050. The molecule has 334 valence electrons. The van der Waals surface area contributed by atoms with Crippen LogP contribution in [-0.2, 0) is 32.7 Å². The fourth-order valence-electron chi connectivity index (χ4n) is 6.34. The van der Waals surface area contributed by atoms with E-state index in [-0.39, 0.29) is 32.0 Å². The first kappa shape index (κ1) is 55.2. The Balaban J connectivity index is 4.28. The van der Waals surface area contributed by atoms with Crippen LogP contribution >= 0.6 is 7.82 Å². The number of allylic oxidation sites excluding steroid dienone is 6. The van der Waals surface area contributed by atoms with E-state index in [2.05, 4.69) is 50.3 Å². The second kappa shape index (κ2) is 42.4. The second-order valence-electron chi connectivity index (χ2n) is 15.9. The van der Waals surface area contributed by atoms with Crippen LogP contribution in [0, 0.1) is 0 Å². The normalized spacial score (nSPS) is 13.6. The number of rotatable bonds is 43. The van der Waals surface area contributed by atoms with Crippen LogP contribution in [0.3, 0.4) is 0 Å². The molecule has 0 bridgehead atoms. The molecule has 2 unspecified atom stereocenters. The highest BCUT2D eigenvalue weighted by molar-refractivity contribution is 7.47. The van der Waals surface area contributed by atoms with Crippen molar-refractivity contribution in [1.29, 1.82) is 0 Å². The minimum atomic E-state index is -4.37. The van der Waals surface area contributed by atoms with Crippen molar-refractivity contribution in [2.45, 2.75) is 213 Å². The number of unbranched alkanes of at least 4 members (excludes halogenated alkanes) is 23. The van der Waals surface area contributed by atoms with Gasteiger partial charge in [0.2, 0.25) is 0 Å². The topological polar surface area (TPSA) is 112 Å². The van der Waals surface area contributed by atoms with Crippen molar-refractivity contribution in [3.05, 3.63) is 36.5 Å². The van der Waals surface area contributed by atoms with Crippen molar-refractivity contribution in [3.63, 3.8) is 0 Å². The van der Waals surface area contributed by atoms with Gasteiger partial charge in [0.15, 0.2) is 6.10 Å². The fraction of sp³-hybridized carbons (Fsp3) is 0.830. The number of phosphoric acid groups is 1. The zero-order valence-corrected chi connectivity index (χ0v) is 38.2. The fourth-order valence-corrected chi connectivity index (χ4v) is 7.08. The lowest BCUT2D eigenvalue weighted by Crippen LogP contribution is -2.29. The maximum absolute atomic E-state index is 12.7. The number of hydrogen-bond acceptors (Lipinski definition) is 8. The van der Waals surface area contributed by atoms with Gasteiger partial charge in [0.25, 0.3) is 0 Å². The van der Waals surface area contributed by atoms with Crippen molar-refractivity contribution in [1.82, 2.24) is 4.90 Å². The number of likely N-dealkylation sites (N-methyl/N-ethyl adjacent to an activating group) is 1. The number of phosphoric ester groups is 1. The summed E-state index contributed by atoms with van der Waals surface area (Å²) in [6, 6.07) is 0. The number of ether oxygens (including phenoxy) is 2. The highest BCUT2D eigenvalue weighted by Crippen LogP contribution is 2.43. The molecular formula is C47H88NO8P. The van der Waals surface area contributed by atoms with Crippen LogP contribution in [0.5, 0.6) is 0 Å². The molecule has 0 amide bonds. The molecule has 0 aliphatic rings. The zero-order valence-electron chi connectivity index (χ0n) is 37.3. The van der Waals surface area contributed by atoms with E-state index in [9.17, 15) is 19.0 Å². The quantitative estimate of drug-likeness (QED) is 0.0278. The molecule has 2 atom stereocenters. The van der Waals surface area contributed by atoms with Gasteiger partial charge in [-0.3, -0.25) is 18.6 Å². The first-order valence-electron chi connectivity index (χ1n) is 23.3. The molecule has 0 fully saturated rings. The molecule has 0 radical (unpaired) electrons. The number of esters is 2. The molecule has 0 saturated carbocycles. The summed E-state index contributed by atoms with van der Waals surface area (Å²) < 4.78 is 33.5. The molecular weight excluding hydrogens is 737 g/mol. The highest BCUT2D eigenvalue weighted by Gasteiger charge is 2.26. The molecule has 10 heteroatoms. The maximum Gasteiger partial charge on any atom is 0.472 e. The van der Waals surface area contributed by atoms with E-state index in [4.69, 9.17) is 18.5 Å². The Morgan fingerprint density at radius 1 is 0.544 bits per heavy atom. The van der Waals surface area contributed by atoms with Gasteiger partial charge in [-0.15, -0.1) is 0 Å². The molecule has 1 N–H and O–H groups in total. The first-order valence-corrected chi connectivity index (χ1v) is 24.8. The van der Waals surface area contributed by atoms with Crippen molar-refractivity contribution in [3.8, 4) is 0 Å². The van der Waals surface area contributed by atoms with E-state index in [0.717, 1.165) is 51.4 Å². The van der Waals surface area contributed by atoms with Gasteiger partial charge in [0.1, 0.15) is 6.61 Å². The summed E-state index contributed by atoms with van der Waals surface area (Å²) in [5.41, 5.74) is 0. The molecule has 0 heterocycles. The average molecular weight is 826 g/mol. The Morgan fingerprint density at radius 2 is 0.947 bits per heavy atom. The van der Waals surface area contributed by atoms with Crippen LogP contribution in [0.2, 0.25) is 0 Å². The smallest absolute Gasteiger partial charge is 0.462 e. The van der Waals surface area contributed by atoms with Gasteiger partial charge in [-0.1, -0.05) is 179 Å². The van der Waals surface area contributed by atoms with Crippen LogP contribution in [0.4, 0.5) is 0 Å². The lowest BCUT2D eigenvalue weighted by Gasteiger charge is -2.20. The number of nitrogens with zero attached hydrogens (tertiary/aromatic N) is 1. The van der Waals surface area contributed by atoms with Crippen LogP contribution < -0.4 is 0 Å². The van der Waals surface area contributed by atoms with Gasteiger partial charge >= 0.3 is 19.8 Å². The summed E-state index contributed by atoms with van der Waals surface area (Å²) in [5.74, 6) is -0.821. The number of hydrogen-bond donors (Lipinski definition) is 1. The predicted molar refractivity (Wildman–Crippen MR) is 238 cm³/mol. The SMILES string of the molecule is CCCCC/C=C\C/C=C\C/C=C\CCCCCCC(=O)OCC(COP(=O)(O)OCCN(C)C)OC(=O)CCCCCCCCCCCCCCCCCCC. The minimum absolute atomic E-state index is 0.00449. The van der Waals surface area contributed by atoms with E-state index in [0.29, 0.717) is 19.4 Å². The number of carbonyl (C=O) groups excluding carboxylic acids is 2. The summed E-state index contributed by atoms with van der Waals surface area (Å²) in [4.78, 5) is 37.1. The predicted octanol–water partition coefficient (Wildman–Crippen LogP) is 13.5. The lowest BCUT2D eigenvalue weighted by atomic mass is 10.0. The van der Waals surface area contributed by atoms with Crippen molar-refractivity contribution < 1.29 is 37.6 Å². The van der Waals surface area contributed by atoms with Crippen LogP contribution in [0.25, 0.3) is 0 Å². The average Bonchev–Trinajstić information content (AvgIpc) is 3.18. The molecule has 0 rings (SSSR count). The Labute approximate surface area is 350 Å². The molecule has 0 aliphatic heterocycles.